The van der Waals surface area contributed by atoms with Crippen molar-refractivity contribution in [1.82, 2.24) is 0 Å². The van der Waals surface area contributed by atoms with Crippen molar-refractivity contribution in [2.45, 2.75) is 6.54 Å². The highest BCUT2D eigenvalue weighted by molar-refractivity contribution is 6.31. The van der Waals surface area contributed by atoms with Gasteiger partial charge in [0.05, 0.1) is 36.8 Å². The van der Waals surface area contributed by atoms with Gasteiger partial charge in [-0.2, -0.15) is 0 Å². The van der Waals surface area contributed by atoms with Gasteiger partial charge in [-0.25, -0.2) is 4.39 Å². The summed E-state index contributed by atoms with van der Waals surface area (Å²) in [7, 11) is 0. The van der Waals surface area contributed by atoms with Crippen molar-refractivity contribution >= 4 is 17.3 Å². The van der Waals surface area contributed by atoms with Crippen molar-refractivity contribution in [2.24, 2.45) is 0 Å². The van der Waals surface area contributed by atoms with Crippen LogP contribution in [0.3, 0.4) is 0 Å². The van der Waals surface area contributed by atoms with E-state index in [4.69, 9.17) is 11.6 Å². The summed E-state index contributed by atoms with van der Waals surface area (Å²) in [6.45, 7) is 4.64. The number of piperazine rings is 1. The Balaban J connectivity index is 1.62. The number of benzene rings is 2. The molecule has 0 bridgehead atoms. The summed E-state index contributed by atoms with van der Waals surface area (Å²) in [6.07, 6.45) is 0. The van der Waals surface area contributed by atoms with Crippen molar-refractivity contribution < 1.29 is 9.29 Å². The van der Waals surface area contributed by atoms with E-state index in [1.165, 1.54) is 16.7 Å². The van der Waals surface area contributed by atoms with Gasteiger partial charge < -0.3 is 9.80 Å². The molecule has 1 fully saturated rings. The number of para-hydroxylation sites is 1. The van der Waals surface area contributed by atoms with Crippen LogP contribution in [0.15, 0.2) is 48.5 Å². The van der Waals surface area contributed by atoms with E-state index in [0.29, 0.717) is 17.1 Å². The molecule has 0 spiro atoms. The Morgan fingerprint density at radius 2 is 1.71 bits per heavy atom. The standard InChI is InChI=1S/C17H18ClFN2/c18-16-7-4-8-17(19)15(16)13-20-9-11-21(12-10-20)14-5-2-1-3-6-14/h1-8H,9-13H2/p+1. The maximum absolute atomic E-state index is 13.8. The maximum atomic E-state index is 13.8. The zero-order valence-corrected chi connectivity index (χ0v) is 12.6. The molecule has 0 aliphatic carbocycles. The monoisotopic (exact) mass is 305 g/mol. The molecule has 2 nitrogen and oxygen atoms in total. The minimum atomic E-state index is -0.194. The minimum Gasteiger partial charge on any atom is -0.360 e. The van der Waals surface area contributed by atoms with E-state index in [1.807, 2.05) is 6.07 Å². The molecule has 1 aliphatic rings. The van der Waals surface area contributed by atoms with Crippen molar-refractivity contribution in [3.63, 3.8) is 0 Å². The average molecular weight is 306 g/mol. The number of rotatable bonds is 3. The van der Waals surface area contributed by atoms with Crippen LogP contribution >= 0.6 is 11.6 Å². The third kappa shape index (κ3) is 3.36. The van der Waals surface area contributed by atoms with Crippen LogP contribution in [-0.4, -0.2) is 26.2 Å². The van der Waals surface area contributed by atoms with E-state index in [0.717, 1.165) is 26.2 Å². The molecule has 0 saturated carbocycles. The lowest BCUT2D eigenvalue weighted by atomic mass is 10.1. The lowest BCUT2D eigenvalue weighted by Gasteiger charge is -2.33. The summed E-state index contributed by atoms with van der Waals surface area (Å²) in [5, 5.41) is 0.535. The van der Waals surface area contributed by atoms with Gasteiger partial charge in [0.2, 0.25) is 0 Å². The summed E-state index contributed by atoms with van der Waals surface area (Å²) in [5.74, 6) is -0.194. The Morgan fingerprint density at radius 3 is 2.38 bits per heavy atom. The van der Waals surface area contributed by atoms with Crippen molar-refractivity contribution in [1.29, 1.82) is 0 Å². The normalized spacial score (nSPS) is 16.2. The summed E-state index contributed by atoms with van der Waals surface area (Å²) >= 11 is 6.11. The van der Waals surface area contributed by atoms with Gasteiger partial charge >= 0.3 is 0 Å². The Hall–Kier alpha value is -1.58. The second-order valence-electron chi connectivity index (χ2n) is 5.45. The predicted molar refractivity (Wildman–Crippen MR) is 84.5 cm³/mol. The van der Waals surface area contributed by atoms with Gasteiger partial charge in [0.15, 0.2) is 0 Å². The van der Waals surface area contributed by atoms with Crippen molar-refractivity contribution in [3.05, 3.63) is 64.9 Å². The van der Waals surface area contributed by atoms with Crippen LogP contribution in [0.1, 0.15) is 5.56 Å². The smallest absolute Gasteiger partial charge is 0.133 e. The van der Waals surface area contributed by atoms with Gasteiger partial charge in [0, 0.05) is 5.69 Å². The molecule has 0 amide bonds. The van der Waals surface area contributed by atoms with Crippen LogP contribution in [0, 0.1) is 5.82 Å². The molecule has 2 aromatic carbocycles. The van der Waals surface area contributed by atoms with Crippen LogP contribution < -0.4 is 9.80 Å². The zero-order chi connectivity index (χ0) is 14.7. The fraction of sp³-hybridized carbons (Fsp3) is 0.294. The molecule has 0 atom stereocenters. The molecule has 1 saturated heterocycles. The van der Waals surface area contributed by atoms with Crippen LogP contribution in [0.2, 0.25) is 5.02 Å². The van der Waals surface area contributed by atoms with E-state index in [2.05, 4.69) is 29.2 Å². The van der Waals surface area contributed by atoms with Gasteiger partial charge in [0.25, 0.3) is 0 Å². The summed E-state index contributed by atoms with van der Waals surface area (Å²) in [5.41, 5.74) is 1.91. The Bertz CT molecular complexity index is 575. The third-order valence-corrected chi connectivity index (χ3v) is 4.43. The number of halogens is 2. The molecular formula is C17H19ClFN2+. The fourth-order valence-corrected chi connectivity index (χ4v) is 3.08. The summed E-state index contributed by atoms with van der Waals surface area (Å²) < 4.78 is 13.8. The SMILES string of the molecule is Fc1cccc(Cl)c1C[NH+]1CCN(c2ccccc2)CC1. The molecule has 1 aliphatic heterocycles. The molecule has 1 heterocycles. The van der Waals surface area contributed by atoms with Crippen LogP contribution in [0.5, 0.6) is 0 Å². The second kappa shape index (κ2) is 6.46. The predicted octanol–water partition coefficient (Wildman–Crippen LogP) is 2.38. The van der Waals surface area contributed by atoms with Gasteiger partial charge in [0.1, 0.15) is 12.4 Å². The minimum absolute atomic E-state index is 0.194. The first-order chi connectivity index (χ1) is 10.2. The highest BCUT2D eigenvalue weighted by atomic mass is 35.5. The van der Waals surface area contributed by atoms with E-state index >= 15 is 0 Å². The van der Waals surface area contributed by atoms with E-state index in [9.17, 15) is 4.39 Å². The first-order valence-electron chi connectivity index (χ1n) is 7.30. The second-order valence-corrected chi connectivity index (χ2v) is 5.86. The number of quaternary nitrogens is 1. The van der Waals surface area contributed by atoms with Gasteiger partial charge in [-0.3, -0.25) is 0 Å². The molecule has 1 N–H and O–H groups in total. The molecule has 110 valence electrons. The summed E-state index contributed by atoms with van der Waals surface area (Å²) in [4.78, 5) is 3.76. The highest BCUT2D eigenvalue weighted by Gasteiger charge is 2.22. The zero-order valence-electron chi connectivity index (χ0n) is 11.9. The molecule has 0 radical (unpaired) electrons. The third-order valence-electron chi connectivity index (χ3n) is 4.08. The molecule has 0 unspecified atom stereocenters. The lowest BCUT2D eigenvalue weighted by molar-refractivity contribution is -0.914. The number of anilines is 1. The van der Waals surface area contributed by atoms with E-state index in [1.54, 1.807) is 12.1 Å². The first kappa shape index (κ1) is 14.4. The largest absolute Gasteiger partial charge is 0.360 e. The fourth-order valence-electron chi connectivity index (χ4n) is 2.85. The number of nitrogens with zero attached hydrogens (tertiary/aromatic N) is 1. The molecule has 4 heteroatoms. The van der Waals surface area contributed by atoms with Gasteiger partial charge in [-0.15, -0.1) is 0 Å². The van der Waals surface area contributed by atoms with E-state index in [-0.39, 0.29) is 5.82 Å². The molecule has 0 aromatic heterocycles. The van der Waals surface area contributed by atoms with Crippen molar-refractivity contribution in [3.8, 4) is 0 Å². The molecule has 21 heavy (non-hydrogen) atoms. The highest BCUT2D eigenvalue weighted by Crippen LogP contribution is 2.18. The van der Waals surface area contributed by atoms with Crippen molar-refractivity contribution in [2.75, 3.05) is 31.1 Å². The number of hydrogen-bond donors (Lipinski definition) is 1. The topological polar surface area (TPSA) is 7.68 Å². The van der Waals surface area contributed by atoms with Crippen LogP contribution in [-0.2, 0) is 6.54 Å². The number of nitrogens with one attached hydrogen (secondary N) is 1. The number of hydrogen-bond acceptors (Lipinski definition) is 1. The van der Waals surface area contributed by atoms with Crippen LogP contribution in [0.4, 0.5) is 10.1 Å². The maximum Gasteiger partial charge on any atom is 0.133 e. The van der Waals surface area contributed by atoms with Crippen LogP contribution in [0.25, 0.3) is 0 Å². The average Bonchev–Trinajstić information content (AvgIpc) is 2.53. The van der Waals surface area contributed by atoms with Gasteiger partial charge in [-0.1, -0.05) is 35.9 Å². The van der Waals surface area contributed by atoms with Gasteiger partial charge in [-0.05, 0) is 24.3 Å². The molecule has 2 aromatic rings. The Morgan fingerprint density at radius 1 is 1.00 bits per heavy atom. The Kier molecular flexibility index (Phi) is 4.42. The lowest BCUT2D eigenvalue weighted by Crippen LogP contribution is -3.13. The summed E-state index contributed by atoms with van der Waals surface area (Å²) in [6, 6.07) is 15.3. The van der Waals surface area contributed by atoms with E-state index < -0.39 is 0 Å². The molecular weight excluding hydrogens is 287 g/mol. The first-order valence-corrected chi connectivity index (χ1v) is 7.68. The Labute approximate surface area is 129 Å². The quantitative estimate of drug-likeness (QED) is 0.915. The molecule has 3 rings (SSSR count).